The molecule has 0 aromatic heterocycles. The van der Waals surface area contributed by atoms with Gasteiger partial charge in [-0.2, -0.15) is 8.42 Å². The lowest BCUT2D eigenvalue weighted by atomic mass is 9.49. The third-order valence-electron chi connectivity index (χ3n) is 17.3. The number of aliphatic hydroxyl groups excluding tert-OH is 1. The van der Waals surface area contributed by atoms with Gasteiger partial charge in [-0.05, 0) is 95.9 Å². The van der Waals surface area contributed by atoms with Gasteiger partial charge >= 0.3 is 16.4 Å². The Balaban J connectivity index is 0.000000204. The number of carbonyl (C=O) groups excluding carboxylic acids is 3. The van der Waals surface area contributed by atoms with Crippen molar-refractivity contribution in [2.24, 2.45) is 29.1 Å². The van der Waals surface area contributed by atoms with Crippen LogP contribution in [0.3, 0.4) is 0 Å². The minimum Gasteiger partial charge on any atom is -0.507 e. The van der Waals surface area contributed by atoms with Crippen LogP contribution in [0.2, 0.25) is 0 Å². The number of hydrogen-bond acceptors (Lipinski definition) is 16. The van der Waals surface area contributed by atoms with Crippen LogP contribution in [0.5, 0.6) is 11.5 Å². The number of benzene rings is 2. The summed E-state index contributed by atoms with van der Waals surface area (Å²) in [5.74, 6) is -5.42. The minimum atomic E-state index is -4.67. The van der Waals surface area contributed by atoms with Gasteiger partial charge in [0.1, 0.15) is 33.9 Å². The number of aliphatic hydroxyl groups is 6. The average molecular weight is 944 g/mol. The Labute approximate surface area is 382 Å². The molecule has 19 heteroatoms. The van der Waals surface area contributed by atoms with Crippen LogP contribution < -0.4 is 0 Å². The van der Waals surface area contributed by atoms with Crippen molar-refractivity contribution in [3.8, 4) is 11.5 Å². The fourth-order valence-electron chi connectivity index (χ4n) is 14.2. The van der Waals surface area contributed by atoms with E-state index >= 15 is 0 Å². The Morgan fingerprint density at radius 1 is 0.864 bits per heavy atom. The van der Waals surface area contributed by atoms with Crippen molar-refractivity contribution >= 4 is 27.9 Å². The molecule has 3 aliphatic heterocycles. The highest BCUT2D eigenvalue weighted by Gasteiger charge is 2.88. The fourth-order valence-corrected chi connectivity index (χ4v) is 14.2. The topological polar surface area (TPSA) is 309 Å². The highest BCUT2D eigenvalue weighted by atomic mass is 32.3. The molecule has 4 saturated carbocycles. The number of carbonyl (C=O) groups is 3. The Bertz CT molecular complexity index is 2520. The number of esters is 1. The van der Waals surface area contributed by atoms with Gasteiger partial charge in [0.15, 0.2) is 11.9 Å². The first-order valence-corrected chi connectivity index (χ1v) is 23.9. The maximum atomic E-state index is 12.9. The summed E-state index contributed by atoms with van der Waals surface area (Å²) in [7, 11) is -4.67. The zero-order valence-electron chi connectivity index (χ0n) is 37.8. The summed E-state index contributed by atoms with van der Waals surface area (Å²) in [5, 5.41) is 93.6. The van der Waals surface area contributed by atoms with E-state index in [4.69, 9.17) is 27.0 Å². The maximum Gasteiger partial charge on any atom is 0.394 e. The van der Waals surface area contributed by atoms with Crippen molar-refractivity contribution in [1.29, 1.82) is 0 Å². The Kier molecular flexibility index (Phi) is 11.5. The Hall–Kier alpha value is -3.86. The van der Waals surface area contributed by atoms with Crippen molar-refractivity contribution < 1.29 is 82.2 Å². The van der Waals surface area contributed by atoms with Crippen molar-refractivity contribution in [2.75, 3.05) is 13.1 Å². The van der Waals surface area contributed by atoms with Gasteiger partial charge in [-0.3, -0.25) is 23.6 Å². The van der Waals surface area contributed by atoms with Crippen LogP contribution >= 0.6 is 0 Å². The summed E-state index contributed by atoms with van der Waals surface area (Å²) < 4.78 is 44.2. The Morgan fingerprint density at radius 3 is 2.15 bits per heavy atom. The number of ether oxygens (including phenoxy) is 2. The number of phenolic OH excluding ortho intramolecular Hbond substituents is 2. The molecule has 7 fully saturated rings. The van der Waals surface area contributed by atoms with Crippen molar-refractivity contribution in [3.05, 3.63) is 69.8 Å². The number of phenols is 2. The standard InChI is InChI=1S/C32H49NO9.C15H10O4.H2O4S/c1-6-18(3)25(35)41-24-11-12-26(4)19-8-9-20-28(37)13-23(34)31(39)21(29(28,38)16-30(20,26)42-32(19,24)40)15-33-14-17(2)7-10-22(33)27(31,5)36;1-7-5-9-13(11(17)6-7)15(19)12-8(14(9)18)3-2-4-10(12)16;1-5(2,3)4/h6,17,19-24,34,36-40H,7-16H2,1-5H3;2-6,16-17H,1H3;(H2,1,2,3,4). The Morgan fingerprint density at radius 2 is 1.50 bits per heavy atom. The second-order valence-corrected chi connectivity index (χ2v) is 21.6. The first-order chi connectivity index (χ1) is 30.5. The summed E-state index contributed by atoms with van der Waals surface area (Å²) >= 11 is 0. The normalized spacial score (nSPS) is 43.0. The largest absolute Gasteiger partial charge is 0.507 e. The number of fused-ring (bicyclic) bond motifs is 7. The number of nitrogens with zero attached hydrogens (tertiary/aromatic N) is 1. The van der Waals surface area contributed by atoms with E-state index in [-0.39, 0.29) is 65.0 Å². The SMILES string of the molecule is CC=C(C)C(=O)OC1CCC2(C)C3CCC4C5(O)CC(O)C6(O)C(CN7CC(C)CCC7C6(C)O)C5(O)CC42OC13O.Cc1cc(O)c2c(c1)C(=O)c1cccc(O)c1C2=O.O=S(=O)(O)O. The third kappa shape index (κ3) is 6.63. The summed E-state index contributed by atoms with van der Waals surface area (Å²) in [4.78, 5) is 39.6. The maximum absolute atomic E-state index is 12.9. The van der Waals surface area contributed by atoms with Crippen LogP contribution in [0.25, 0.3) is 0 Å². The molecule has 0 amide bonds. The van der Waals surface area contributed by atoms with Crippen LogP contribution in [0.1, 0.15) is 123 Å². The molecule has 2 aromatic carbocycles. The second-order valence-electron chi connectivity index (χ2n) is 20.7. The molecule has 0 radical (unpaired) electrons. The van der Waals surface area contributed by atoms with Crippen molar-refractivity contribution in [2.45, 2.75) is 145 Å². The first kappa shape index (κ1) is 48.6. The van der Waals surface area contributed by atoms with Crippen molar-refractivity contribution in [3.63, 3.8) is 0 Å². The van der Waals surface area contributed by atoms with E-state index in [1.807, 2.05) is 6.92 Å². The molecule has 14 unspecified atom stereocenters. The van der Waals surface area contributed by atoms with Gasteiger partial charge in [0.05, 0.1) is 22.8 Å². The molecular weight excluding hydrogens is 883 g/mol. The summed E-state index contributed by atoms with van der Waals surface area (Å²) in [5.41, 5.74) is -7.99. The van der Waals surface area contributed by atoms with Gasteiger partial charge in [0.25, 0.3) is 0 Å². The van der Waals surface area contributed by atoms with Gasteiger partial charge in [-0.25, -0.2) is 4.79 Å². The molecule has 362 valence electrons. The lowest BCUT2D eigenvalue weighted by Gasteiger charge is -2.68. The number of aromatic hydroxyl groups is 2. The van der Waals surface area contributed by atoms with Crippen LogP contribution in [0.15, 0.2) is 42.0 Å². The number of allylic oxidation sites excluding steroid dienone is 1. The molecule has 8 aliphatic rings. The van der Waals surface area contributed by atoms with E-state index in [1.165, 1.54) is 24.3 Å². The van der Waals surface area contributed by atoms with Gasteiger partial charge in [-0.1, -0.05) is 32.1 Å². The monoisotopic (exact) mass is 943 g/mol. The molecule has 10 rings (SSSR count). The number of aryl methyl sites for hydroxylation is 1. The number of hydrogen-bond donors (Lipinski definition) is 10. The van der Waals surface area contributed by atoms with Gasteiger partial charge in [0.2, 0.25) is 11.6 Å². The third-order valence-corrected chi connectivity index (χ3v) is 17.3. The lowest BCUT2D eigenvalue weighted by molar-refractivity contribution is -0.354. The lowest BCUT2D eigenvalue weighted by Crippen LogP contribution is -2.85. The molecule has 2 aromatic rings. The smallest absolute Gasteiger partial charge is 0.394 e. The zero-order valence-corrected chi connectivity index (χ0v) is 38.6. The summed E-state index contributed by atoms with van der Waals surface area (Å²) in [6, 6.07) is 6.97. The van der Waals surface area contributed by atoms with E-state index in [9.17, 15) is 55.2 Å². The highest BCUT2D eigenvalue weighted by molar-refractivity contribution is 7.79. The van der Waals surface area contributed by atoms with E-state index in [1.54, 1.807) is 39.8 Å². The molecule has 1 spiro atoms. The van der Waals surface area contributed by atoms with E-state index in [0.717, 1.165) is 6.42 Å². The van der Waals surface area contributed by atoms with Crippen LogP contribution in [-0.4, -0.2) is 146 Å². The minimum absolute atomic E-state index is 0.0374. The predicted octanol–water partition coefficient (Wildman–Crippen LogP) is 2.52. The zero-order chi connectivity index (χ0) is 48.7. The van der Waals surface area contributed by atoms with Gasteiger partial charge in [-0.15, -0.1) is 0 Å². The molecule has 3 heterocycles. The van der Waals surface area contributed by atoms with Gasteiger partial charge in [0, 0.05) is 71.8 Å². The number of ketones is 2. The first-order valence-electron chi connectivity index (χ1n) is 22.5. The number of piperidine rings is 2. The molecule has 66 heavy (non-hydrogen) atoms. The van der Waals surface area contributed by atoms with Crippen LogP contribution in [0.4, 0.5) is 0 Å². The molecule has 10 N–H and O–H groups in total. The molecule has 4 bridgehead atoms. The van der Waals surface area contributed by atoms with Crippen LogP contribution in [-0.2, 0) is 24.7 Å². The van der Waals surface area contributed by atoms with E-state index in [0.29, 0.717) is 55.7 Å². The molecule has 5 aliphatic carbocycles. The highest BCUT2D eigenvalue weighted by Crippen LogP contribution is 2.78. The summed E-state index contributed by atoms with van der Waals surface area (Å²) in [6.45, 7) is 11.8. The van der Waals surface area contributed by atoms with Crippen molar-refractivity contribution in [1.82, 2.24) is 4.90 Å². The average Bonchev–Trinajstić information content (AvgIpc) is 3.39. The van der Waals surface area contributed by atoms with E-state index in [2.05, 4.69) is 11.8 Å². The van der Waals surface area contributed by atoms with Crippen LogP contribution in [0, 0.1) is 36.0 Å². The van der Waals surface area contributed by atoms with Gasteiger partial charge < -0.3 is 50.3 Å². The summed E-state index contributed by atoms with van der Waals surface area (Å²) in [6.07, 6.45) is 2.30. The quantitative estimate of drug-likeness (QED) is 0.100. The fraction of sp³-hybridized carbons (Fsp3) is 0.638. The van der Waals surface area contributed by atoms with E-state index < -0.39 is 91.3 Å². The predicted molar refractivity (Wildman–Crippen MR) is 232 cm³/mol. The molecule has 18 nitrogen and oxygen atoms in total. The second kappa shape index (κ2) is 15.6. The molecule has 3 saturated heterocycles. The molecular formula is C47H61NO17S. The number of rotatable bonds is 2. The molecule has 14 atom stereocenters.